The molecule has 0 amide bonds. The van der Waals surface area contributed by atoms with Gasteiger partial charge < -0.3 is 10.2 Å². The van der Waals surface area contributed by atoms with Crippen LogP contribution in [0.2, 0.25) is 0 Å². The summed E-state index contributed by atoms with van der Waals surface area (Å²) < 4.78 is 26.1. The smallest absolute Gasteiger partial charge is 0.211 e. The highest BCUT2D eigenvalue weighted by molar-refractivity contribution is 7.89. The third kappa shape index (κ3) is 11.4. The molecule has 6 heteroatoms. The van der Waals surface area contributed by atoms with E-state index in [0.29, 0.717) is 13.0 Å². The zero-order valence-corrected chi connectivity index (χ0v) is 13.6. The quantitative estimate of drug-likeness (QED) is 0.498. The van der Waals surface area contributed by atoms with E-state index in [1.165, 1.54) is 0 Å². The average Bonchev–Trinajstić information content (AvgIpc) is 2.38. The third-order valence-corrected chi connectivity index (χ3v) is 4.53. The molecule has 0 radical (unpaired) electrons. The predicted molar refractivity (Wildman–Crippen MR) is 82.0 cm³/mol. The zero-order chi connectivity index (χ0) is 14.6. The van der Waals surface area contributed by atoms with E-state index in [1.807, 2.05) is 0 Å². The molecule has 116 valence electrons. The molecule has 0 spiro atoms. The van der Waals surface area contributed by atoms with Crippen molar-refractivity contribution in [3.05, 3.63) is 0 Å². The molecule has 0 aromatic heterocycles. The van der Waals surface area contributed by atoms with Gasteiger partial charge in [0.1, 0.15) is 0 Å². The molecule has 0 aliphatic rings. The fourth-order valence-corrected chi connectivity index (χ4v) is 2.96. The van der Waals surface area contributed by atoms with Gasteiger partial charge in [-0.15, -0.1) is 0 Å². The van der Waals surface area contributed by atoms with Crippen LogP contribution < -0.4 is 10.0 Å². The van der Waals surface area contributed by atoms with Gasteiger partial charge in [0.2, 0.25) is 10.0 Å². The van der Waals surface area contributed by atoms with Gasteiger partial charge in [-0.25, -0.2) is 13.1 Å². The maximum Gasteiger partial charge on any atom is 0.211 e. The SMILES string of the molecule is CCCNCCCS(=O)(=O)NCCCN(CC)CC. The molecular formula is C13H31N3O2S. The number of hydrogen-bond donors (Lipinski definition) is 2. The van der Waals surface area contributed by atoms with E-state index in [1.54, 1.807) is 0 Å². The van der Waals surface area contributed by atoms with E-state index < -0.39 is 10.0 Å². The maximum absolute atomic E-state index is 11.7. The van der Waals surface area contributed by atoms with Crippen molar-refractivity contribution in [1.29, 1.82) is 0 Å². The van der Waals surface area contributed by atoms with Crippen LogP contribution in [0.15, 0.2) is 0 Å². The van der Waals surface area contributed by atoms with Gasteiger partial charge in [0.25, 0.3) is 0 Å². The third-order valence-electron chi connectivity index (χ3n) is 3.06. The molecule has 2 N–H and O–H groups in total. The normalized spacial score (nSPS) is 12.2. The summed E-state index contributed by atoms with van der Waals surface area (Å²) in [5.74, 6) is 0.217. The first kappa shape index (κ1) is 18.8. The van der Waals surface area contributed by atoms with Crippen molar-refractivity contribution in [2.75, 3.05) is 45.0 Å². The Balaban J connectivity index is 3.62. The van der Waals surface area contributed by atoms with Crippen LogP contribution in [0.25, 0.3) is 0 Å². The lowest BCUT2D eigenvalue weighted by Crippen LogP contribution is -2.32. The van der Waals surface area contributed by atoms with Crippen LogP contribution in [-0.2, 0) is 10.0 Å². The Hall–Kier alpha value is -0.170. The number of nitrogens with one attached hydrogen (secondary N) is 2. The summed E-state index contributed by atoms with van der Waals surface area (Å²) in [5, 5.41) is 3.21. The number of sulfonamides is 1. The van der Waals surface area contributed by atoms with E-state index in [0.717, 1.165) is 45.6 Å². The molecule has 0 bridgehead atoms. The Bertz CT molecular complexity index is 290. The minimum atomic E-state index is -3.09. The van der Waals surface area contributed by atoms with E-state index in [9.17, 15) is 8.42 Å². The van der Waals surface area contributed by atoms with Crippen molar-refractivity contribution >= 4 is 10.0 Å². The summed E-state index contributed by atoms with van der Waals surface area (Å²) >= 11 is 0. The minimum Gasteiger partial charge on any atom is -0.317 e. The lowest BCUT2D eigenvalue weighted by molar-refractivity contribution is 0.300. The van der Waals surface area contributed by atoms with Crippen LogP contribution in [0.5, 0.6) is 0 Å². The first-order valence-corrected chi connectivity index (χ1v) is 9.11. The van der Waals surface area contributed by atoms with Gasteiger partial charge >= 0.3 is 0 Å². The van der Waals surface area contributed by atoms with Crippen LogP contribution >= 0.6 is 0 Å². The Kier molecular flexibility index (Phi) is 11.5. The molecule has 0 atom stereocenters. The van der Waals surface area contributed by atoms with Gasteiger partial charge in [0.05, 0.1) is 5.75 Å². The Morgan fingerprint density at radius 2 is 1.63 bits per heavy atom. The topological polar surface area (TPSA) is 61.4 Å². The van der Waals surface area contributed by atoms with Crippen LogP contribution in [0.3, 0.4) is 0 Å². The van der Waals surface area contributed by atoms with E-state index in [4.69, 9.17) is 0 Å². The van der Waals surface area contributed by atoms with Gasteiger partial charge in [-0.2, -0.15) is 0 Å². The van der Waals surface area contributed by atoms with Crippen molar-refractivity contribution in [3.8, 4) is 0 Å². The van der Waals surface area contributed by atoms with Gasteiger partial charge in [-0.05, 0) is 52.0 Å². The van der Waals surface area contributed by atoms with Crippen LogP contribution in [0.1, 0.15) is 40.0 Å². The van der Waals surface area contributed by atoms with Crippen molar-refractivity contribution in [1.82, 2.24) is 14.9 Å². The molecule has 0 aliphatic heterocycles. The standard InChI is InChI=1S/C13H31N3O2S/c1-4-9-14-10-8-13-19(17,18)15-11-7-12-16(5-2)6-3/h14-15H,4-13H2,1-3H3. The molecule has 0 aromatic carbocycles. The maximum atomic E-state index is 11.7. The molecule has 0 fully saturated rings. The molecule has 0 aliphatic carbocycles. The molecule has 0 heterocycles. The molecule has 0 saturated heterocycles. The first-order chi connectivity index (χ1) is 9.05. The summed E-state index contributed by atoms with van der Waals surface area (Å²) in [5.41, 5.74) is 0. The second-order valence-electron chi connectivity index (χ2n) is 4.70. The van der Waals surface area contributed by atoms with Crippen molar-refractivity contribution < 1.29 is 8.42 Å². The lowest BCUT2D eigenvalue weighted by atomic mass is 10.4. The largest absolute Gasteiger partial charge is 0.317 e. The highest BCUT2D eigenvalue weighted by Crippen LogP contribution is 1.93. The average molecular weight is 293 g/mol. The second-order valence-corrected chi connectivity index (χ2v) is 6.62. The highest BCUT2D eigenvalue weighted by atomic mass is 32.2. The molecule has 0 rings (SSSR count). The van der Waals surface area contributed by atoms with Crippen molar-refractivity contribution in [2.24, 2.45) is 0 Å². The molecule has 5 nitrogen and oxygen atoms in total. The van der Waals surface area contributed by atoms with E-state index >= 15 is 0 Å². The Morgan fingerprint density at radius 1 is 0.947 bits per heavy atom. The second kappa shape index (κ2) is 11.6. The Morgan fingerprint density at radius 3 is 2.21 bits per heavy atom. The van der Waals surface area contributed by atoms with Crippen LogP contribution in [-0.4, -0.2) is 58.3 Å². The summed E-state index contributed by atoms with van der Waals surface area (Å²) in [6.45, 7) is 11.6. The van der Waals surface area contributed by atoms with Gasteiger partial charge in [0, 0.05) is 6.54 Å². The van der Waals surface area contributed by atoms with Crippen molar-refractivity contribution in [2.45, 2.75) is 40.0 Å². The Labute approximate surface area is 119 Å². The number of nitrogens with zero attached hydrogens (tertiary/aromatic N) is 1. The molecular weight excluding hydrogens is 262 g/mol. The molecule has 0 saturated carbocycles. The molecule has 0 unspecified atom stereocenters. The monoisotopic (exact) mass is 293 g/mol. The van der Waals surface area contributed by atoms with Crippen molar-refractivity contribution in [3.63, 3.8) is 0 Å². The van der Waals surface area contributed by atoms with Crippen LogP contribution in [0, 0.1) is 0 Å². The molecule has 0 aromatic rings. The minimum absolute atomic E-state index is 0.217. The first-order valence-electron chi connectivity index (χ1n) is 7.46. The highest BCUT2D eigenvalue weighted by Gasteiger charge is 2.08. The summed E-state index contributed by atoms with van der Waals surface area (Å²) in [4.78, 5) is 2.29. The number of rotatable bonds is 13. The summed E-state index contributed by atoms with van der Waals surface area (Å²) in [6, 6.07) is 0. The van der Waals surface area contributed by atoms with E-state index in [2.05, 4.69) is 35.7 Å². The lowest BCUT2D eigenvalue weighted by Gasteiger charge is -2.17. The number of hydrogen-bond acceptors (Lipinski definition) is 4. The zero-order valence-electron chi connectivity index (χ0n) is 12.7. The van der Waals surface area contributed by atoms with Crippen LogP contribution in [0.4, 0.5) is 0 Å². The van der Waals surface area contributed by atoms with Gasteiger partial charge in [0.15, 0.2) is 0 Å². The fraction of sp³-hybridized carbons (Fsp3) is 1.00. The summed E-state index contributed by atoms with van der Waals surface area (Å²) in [6.07, 6.45) is 2.62. The fourth-order valence-electron chi connectivity index (χ4n) is 1.83. The molecule has 19 heavy (non-hydrogen) atoms. The summed E-state index contributed by atoms with van der Waals surface area (Å²) in [7, 11) is -3.09. The van der Waals surface area contributed by atoms with Gasteiger partial charge in [-0.1, -0.05) is 20.8 Å². The van der Waals surface area contributed by atoms with E-state index in [-0.39, 0.29) is 5.75 Å². The van der Waals surface area contributed by atoms with Gasteiger partial charge in [-0.3, -0.25) is 0 Å². The predicted octanol–water partition coefficient (Wildman–Crippen LogP) is 1.03.